The van der Waals surface area contributed by atoms with Crippen molar-refractivity contribution in [2.75, 3.05) is 0 Å². The number of nitrogens with zero attached hydrogens (tertiary/aromatic N) is 1. The van der Waals surface area contributed by atoms with Gasteiger partial charge in [-0.3, -0.25) is 0 Å². The third-order valence-corrected chi connectivity index (χ3v) is 2.51. The summed E-state index contributed by atoms with van der Waals surface area (Å²) in [5.41, 5.74) is 0.855. The van der Waals surface area contributed by atoms with E-state index in [9.17, 15) is 8.78 Å². The van der Waals surface area contributed by atoms with Crippen molar-refractivity contribution in [2.45, 2.75) is 5.88 Å². The first-order valence-electron chi connectivity index (χ1n) is 4.68. The minimum absolute atomic E-state index is 0.0520. The van der Waals surface area contributed by atoms with Crippen LogP contribution in [0.5, 0.6) is 0 Å². The highest BCUT2D eigenvalue weighted by atomic mass is 35.5. The molecule has 0 atom stereocenters. The minimum Gasteiger partial charge on any atom is -0.219 e. The summed E-state index contributed by atoms with van der Waals surface area (Å²) in [6, 6.07) is 9.17. The van der Waals surface area contributed by atoms with Gasteiger partial charge in [0, 0.05) is 11.1 Å². The highest BCUT2D eigenvalue weighted by Gasteiger charge is 2.08. The van der Waals surface area contributed by atoms with Crippen molar-refractivity contribution in [3.8, 4) is 11.3 Å². The number of pyridine rings is 1. The van der Waals surface area contributed by atoms with E-state index in [1.54, 1.807) is 24.3 Å². The lowest BCUT2D eigenvalue weighted by atomic mass is 10.1. The van der Waals surface area contributed by atoms with Crippen LogP contribution in [0, 0.1) is 11.8 Å². The van der Waals surface area contributed by atoms with Gasteiger partial charge in [0.2, 0.25) is 5.95 Å². The van der Waals surface area contributed by atoms with Gasteiger partial charge in [0.15, 0.2) is 0 Å². The minimum atomic E-state index is -0.657. The average Bonchev–Trinajstić information content (AvgIpc) is 2.29. The molecule has 0 fully saturated rings. The zero-order valence-electron chi connectivity index (χ0n) is 8.25. The third kappa shape index (κ3) is 2.04. The first kappa shape index (κ1) is 11.0. The number of alkyl halides is 1. The van der Waals surface area contributed by atoms with E-state index in [2.05, 4.69) is 4.98 Å². The molecule has 0 aliphatic rings. The quantitative estimate of drug-likeness (QED) is 0.574. The molecular weight excluding hydrogens is 232 g/mol. The molecule has 0 saturated carbocycles. The third-order valence-electron chi connectivity index (χ3n) is 2.22. The van der Waals surface area contributed by atoms with Crippen molar-refractivity contribution in [1.29, 1.82) is 0 Å². The Morgan fingerprint density at radius 1 is 1.06 bits per heavy atom. The monoisotopic (exact) mass is 239 g/mol. The number of hydrogen-bond donors (Lipinski definition) is 0. The number of halogens is 3. The smallest absolute Gasteiger partial charge is 0.217 e. The second kappa shape index (κ2) is 4.58. The van der Waals surface area contributed by atoms with Crippen LogP contribution < -0.4 is 0 Å². The number of hydrogen-bond acceptors (Lipinski definition) is 1. The standard InChI is InChI=1S/C12H8ClF2N/c13-7-8-5-6-11(16-12(8)15)9-3-1-2-4-10(9)14/h1-6H,7H2. The van der Waals surface area contributed by atoms with Crippen LogP contribution in [0.15, 0.2) is 36.4 Å². The molecule has 0 amide bonds. The summed E-state index contributed by atoms with van der Waals surface area (Å²) in [4.78, 5) is 3.68. The Morgan fingerprint density at radius 3 is 2.44 bits per heavy atom. The molecule has 4 heteroatoms. The van der Waals surface area contributed by atoms with Crippen LogP contribution in [0.3, 0.4) is 0 Å². The molecule has 0 radical (unpaired) electrons. The van der Waals surface area contributed by atoms with Gasteiger partial charge in [-0.1, -0.05) is 18.2 Å². The van der Waals surface area contributed by atoms with Crippen molar-refractivity contribution in [2.24, 2.45) is 0 Å². The van der Waals surface area contributed by atoms with Crippen molar-refractivity contribution >= 4 is 11.6 Å². The zero-order chi connectivity index (χ0) is 11.5. The fraction of sp³-hybridized carbons (Fsp3) is 0.0833. The summed E-state index contributed by atoms with van der Waals surface area (Å²) in [6.07, 6.45) is 0. The summed E-state index contributed by atoms with van der Waals surface area (Å²) in [5, 5.41) is 0. The Hall–Kier alpha value is -1.48. The zero-order valence-corrected chi connectivity index (χ0v) is 9.01. The van der Waals surface area contributed by atoms with E-state index in [0.717, 1.165) is 0 Å². The van der Waals surface area contributed by atoms with Crippen LogP contribution >= 0.6 is 11.6 Å². The average molecular weight is 240 g/mol. The van der Waals surface area contributed by atoms with Crippen LogP contribution in [0.4, 0.5) is 8.78 Å². The van der Waals surface area contributed by atoms with E-state index in [1.165, 1.54) is 12.1 Å². The van der Waals surface area contributed by atoms with Gasteiger partial charge < -0.3 is 0 Å². The molecule has 16 heavy (non-hydrogen) atoms. The molecule has 2 rings (SSSR count). The highest BCUT2D eigenvalue weighted by Crippen LogP contribution is 2.21. The normalized spacial score (nSPS) is 10.4. The van der Waals surface area contributed by atoms with Crippen LogP contribution in [-0.2, 0) is 5.88 Å². The maximum atomic E-state index is 13.4. The highest BCUT2D eigenvalue weighted by molar-refractivity contribution is 6.17. The Kier molecular flexibility index (Phi) is 3.15. The first-order valence-corrected chi connectivity index (χ1v) is 5.22. The Morgan fingerprint density at radius 2 is 1.81 bits per heavy atom. The van der Waals surface area contributed by atoms with E-state index in [1.807, 2.05) is 0 Å². The topological polar surface area (TPSA) is 12.9 Å². The summed E-state index contributed by atoms with van der Waals surface area (Å²) >= 11 is 5.51. The van der Waals surface area contributed by atoms with E-state index in [-0.39, 0.29) is 17.1 Å². The van der Waals surface area contributed by atoms with Crippen molar-refractivity contribution in [3.05, 3.63) is 53.7 Å². The lowest BCUT2D eigenvalue weighted by molar-refractivity contribution is 0.573. The van der Waals surface area contributed by atoms with E-state index < -0.39 is 11.8 Å². The number of benzene rings is 1. The summed E-state index contributed by atoms with van der Waals surface area (Å²) in [6.45, 7) is 0. The van der Waals surface area contributed by atoms with Crippen LogP contribution in [0.1, 0.15) is 5.56 Å². The van der Waals surface area contributed by atoms with Crippen molar-refractivity contribution < 1.29 is 8.78 Å². The van der Waals surface area contributed by atoms with Gasteiger partial charge in [0.05, 0.1) is 11.6 Å². The number of aromatic nitrogens is 1. The molecule has 1 aromatic carbocycles. The molecule has 0 bridgehead atoms. The largest absolute Gasteiger partial charge is 0.219 e. The first-order chi connectivity index (χ1) is 7.72. The molecule has 0 N–H and O–H groups in total. The maximum Gasteiger partial charge on any atom is 0.217 e. The summed E-state index contributed by atoms with van der Waals surface area (Å²) in [7, 11) is 0. The Labute approximate surface area is 96.7 Å². The van der Waals surface area contributed by atoms with E-state index >= 15 is 0 Å². The maximum absolute atomic E-state index is 13.4. The fourth-order valence-electron chi connectivity index (χ4n) is 1.38. The van der Waals surface area contributed by atoms with Gasteiger partial charge in [-0.2, -0.15) is 4.39 Å². The molecule has 0 saturated heterocycles. The van der Waals surface area contributed by atoms with Gasteiger partial charge >= 0.3 is 0 Å². The van der Waals surface area contributed by atoms with Gasteiger partial charge in [0.25, 0.3) is 0 Å². The molecular formula is C12H8ClF2N. The summed E-state index contributed by atoms with van der Waals surface area (Å²) in [5.74, 6) is -1.03. The molecule has 82 valence electrons. The second-order valence-corrected chi connectivity index (χ2v) is 3.53. The molecule has 0 spiro atoms. The predicted octanol–water partition coefficient (Wildman–Crippen LogP) is 3.77. The molecule has 0 aliphatic carbocycles. The van der Waals surface area contributed by atoms with Gasteiger partial charge in [-0.15, -0.1) is 11.6 Å². The van der Waals surface area contributed by atoms with Crippen LogP contribution in [0.2, 0.25) is 0 Å². The van der Waals surface area contributed by atoms with Crippen LogP contribution in [0.25, 0.3) is 11.3 Å². The number of rotatable bonds is 2. The second-order valence-electron chi connectivity index (χ2n) is 3.26. The predicted molar refractivity (Wildman–Crippen MR) is 59.1 cm³/mol. The molecule has 0 aliphatic heterocycles. The lowest BCUT2D eigenvalue weighted by Gasteiger charge is -2.04. The van der Waals surface area contributed by atoms with Crippen molar-refractivity contribution in [3.63, 3.8) is 0 Å². The van der Waals surface area contributed by atoms with Gasteiger partial charge in [-0.25, -0.2) is 9.37 Å². The van der Waals surface area contributed by atoms with E-state index in [4.69, 9.17) is 11.6 Å². The van der Waals surface area contributed by atoms with Gasteiger partial charge in [-0.05, 0) is 18.2 Å². The fourth-order valence-corrected chi connectivity index (χ4v) is 1.58. The van der Waals surface area contributed by atoms with Crippen molar-refractivity contribution in [1.82, 2.24) is 4.98 Å². The van der Waals surface area contributed by atoms with Gasteiger partial charge in [0.1, 0.15) is 5.82 Å². The Bertz CT molecular complexity index is 514. The lowest BCUT2D eigenvalue weighted by Crippen LogP contribution is -1.94. The SMILES string of the molecule is Fc1ccccc1-c1ccc(CCl)c(F)n1. The molecule has 0 unspecified atom stereocenters. The molecule has 2 aromatic rings. The summed E-state index contributed by atoms with van der Waals surface area (Å²) < 4.78 is 26.8. The molecule has 1 heterocycles. The molecule has 1 aromatic heterocycles. The molecule has 1 nitrogen and oxygen atoms in total. The Balaban J connectivity index is 2.50. The van der Waals surface area contributed by atoms with Crippen LogP contribution in [-0.4, -0.2) is 4.98 Å². The van der Waals surface area contributed by atoms with E-state index in [0.29, 0.717) is 5.56 Å².